The average Bonchev–Trinajstić information content (AvgIpc) is 3.17. The number of ether oxygens (including phenoxy) is 4. The fourth-order valence-electron chi connectivity index (χ4n) is 4.10. The van der Waals surface area contributed by atoms with E-state index >= 15 is 0 Å². The van der Waals surface area contributed by atoms with Crippen molar-refractivity contribution in [3.63, 3.8) is 0 Å². The van der Waals surface area contributed by atoms with Crippen molar-refractivity contribution in [2.75, 3.05) is 21.0 Å². The Hall–Kier alpha value is -3.19. The Morgan fingerprint density at radius 3 is 2.59 bits per heavy atom. The molecule has 3 aromatic rings. The zero-order valence-corrected chi connectivity index (χ0v) is 20.1. The quantitative estimate of drug-likeness (QED) is 0.404. The Kier molecular flexibility index (Phi) is 6.13. The number of hydrogen-bond acceptors (Lipinski definition) is 6. The van der Waals surface area contributed by atoms with E-state index in [-0.39, 0.29) is 11.5 Å². The normalized spacial score (nSPS) is 16.0. The van der Waals surface area contributed by atoms with E-state index in [1.165, 1.54) is 0 Å². The second-order valence-electron chi connectivity index (χ2n) is 7.98. The summed E-state index contributed by atoms with van der Waals surface area (Å²) in [5.41, 5.74) is 3.14. The van der Waals surface area contributed by atoms with Gasteiger partial charge in [-0.25, -0.2) is 0 Å². The van der Waals surface area contributed by atoms with Crippen molar-refractivity contribution in [2.24, 2.45) is 0 Å². The van der Waals surface area contributed by atoms with Crippen LogP contribution in [0.5, 0.6) is 23.0 Å². The van der Waals surface area contributed by atoms with Gasteiger partial charge in [-0.3, -0.25) is 9.69 Å². The van der Waals surface area contributed by atoms with Crippen molar-refractivity contribution >= 4 is 35.1 Å². The zero-order valence-electron chi connectivity index (χ0n) is 18.6. The highest BCUT2D eigenvalue weighted by Crippen LogP contribution is 2.42. The summed E-state index contributed by atoms with van der Waals surface area (Å²) in [6, 6.07) is 14.6. The molecule has 0 aliphatic carbocycles. The molecular weight excluding hydrogens is 477 g/mol. The number of carbonyl (C=O) groups excluding carboxylic acids is 1. The highest BCUT2D eigenvalue weighted by atomic mass is 35.5. The van der Waals surface area contributed by atoms with Gasteiger partial charge in [-0.15, -0.1) is 0 Å². The lowest BCUT2D eigenvalue weighted by Gasteiger charge is -2.29. The Morgan fingerprint density at radius 2 is 1.82 bits per heavy atom. The number of fused-ring (bicyclic) bond motifs is 3. The number of methoxy groups -OCH3 is 2. The van der Waals surface area contributed by atoms with Gasteiger partial charge in [0.15, 0.2) is 17.3 Å². The molecule has 6 nitrogen and oxygen atoms in total. The van der Waals surface area contributed by atoms with E-state index in [9.17, 15) is 4.79 Å². The lowest BCUT2D eigenvalue weighted by Crippen LogP contribution is -2.31. The van der Waals surface area contributed by atoms with E-state index in [4.69, 9.17) is 42.1 Å². The zero-order chi connectivity index (χ0) is 23.8. The number of hydrogen-bond donors (Lipinski definition) is 0. The predicted molar refractivity (Wildman–Crippen MR) is 130 cm³/mol. The molecule has 0 aromatic heterocycles. The Bertz CT molecular complexity index is 1320. The molecule has 0 fully saturated rings. The molecule has 2 aliphatic rings. The number of halogens is 2. The number of ketones is 1. The van der Waals surface area contributed by atoms with Gasteiger partial charge in [0.05, 0.1) is 35.4 Å². The van der Waals surface area contributed by atoms with Gasteiger partial charge in [-0.05, 0) is 53.6 Å². The summed E-state index contributed by atoms with van der Waals surface area (Å²) in [5.74, 6) is 2.51. The predicted octanol–water partition coefficient (Wildman–Crippen LogP) is 5.98. The molecule has 0 saturated heterocycles. The van der Waals surface area contributed by atoms with Crippen molar-refractivity contribution < 1.29 is 23.7 Å². The lowest BCUT2D eigenvalue weighted by molar-refractivity contribution is 0.0873. The summed E-state index contributed by atoms with van der Waals surface area (Å²) in [7, 11) is 3.14. The van der Waals surface area contributed by atoms with Crippen LogP contribution in [0.4, 0.5) is 0 Å². The summed E-state index contributed by atoms with van der Waals surface area (Å²) in [4.78, 5) is 15.2. The molecule has 0 bridgehead atoms. The van der Waals surface area contributed by atoms with Crippen LogP contribution in [0.2, 0.25) is 10.0 Å². The maximum atomic E-state index is 13.1. The van der Waals surface area contributed by atoms with Crippen molar-refractivity contribution in [3.8, 4) is 23.0 Å². The highest BCUT2D eigenvalue weighted by Gasteiger charge is 2.33. The standard InChI is InChI=1S/C26H21Cl2NO5/c1-31-22-7-4-15(10-23(22)32-2)11-24-25(30)17-5-8-21-18(26(17)34-24)13-29(14-33-21)12-16-3-6-19(27)20(28)9-16/h3-11H,12-14H2,1-2H3/b24-11-. The molecule has 2 aliphatic heterocycles. The van der Waals surface area contributed by atoms with Crippen LogP contribution in [0.3, 0.4) is 0 Å². The number of nitrogens with zero attached hydrogens (tertiary/aromatic N) is 1. The molecule has 8 heteroatoms. The fraction of sp³-hybridized carbons (Fsp3) is 0.192. The van der Waals surface area contributed by atoms with Gasteiger partial charge < -0.3 is 18.9 Å². The number of carbonyl (C=O) groups is 1. The fourth-order valence-corrected chi connectivity index (χ4v) is 4.42. The molecule has 0 amide bonds. The van der Waals surface area contributed by atoms with Crippen LogP contribution < -0.4 is 18.9 Å². The molecule has 0 atom stereocenters. The molecule has 34 heavy (non-hydrogen) atoms. The van der Waals surface area contributed by atoms with Gasteiger partial charge in [0.1, 0.15) is 18.2 Å². The Labute approximate surface area is 207 Å². The summed E-state index contributed by atoms with van der Waals surface area (Å²) in [5, 5.41) is 1.03. The molecular formula is C26H21Cl2NO5. The number of rotatable bonds is 5. The Balaban J connectivity index is 1.41. The van der Waals surface area contributed by atoms with Crippen molar-refractivity contribution in [1.29, 1.82) is 0 Å². The molecule has 0 unspecified atom stereocenters. The van der Waals surface area contributed by atoms with Crippen molar-refractivity contribution in [1.82, 2.24) is 4.90 Å². The monoisotopic (exact) mass is 497 g/mol. The van der Waals surface area contributed by atoms with Crippen LogP contribution in [0, 0.1) is 0 Å². The second kappa shape index (κ2) is 9.22. The maximum absolute atomic E-state index is 13.1. The molecule has 0 N–H and O–H groups in total. The smallest absolute Gasteiger partial charge is 0.231 e. The van der Waals surface area contributed by atoms with E-state index < -0.39 is 0 Å². The van der Waals surface area contributed by atoms with Gasteiger partial charge >= 0.3 is 0 Å². The van der Waals surface area contributed by atoms with E-state index in [0.717, 1.165) is 16.7 Å². The Morgan fingerprint density at radius 1 is 1.00 bits per heavy atom. The highest BCUT2D eigenvalue weighted by molar-refractivity contribution is 6.42. The third-order valence-electron chi connectivity index (χ3n) is 5.78. The first-order valence-corrected chi connectivity index (χ1v) is 11.3. The minimum absolute atomic E-state index is 0.172. The molecule has 0 radical (unpaired) electrons. The first kappa shape index (κ1) is 22.6. The van der Waals surface area contributed by atoms with Crippen LogP contribution in [0.15, 0.2) is 54.3 Å². The van der Waals surface area contributed by atoms with Gasteiger partial charge in [0, 0.05) is 13.1 Å². The van der Waals surface area contributed by atoms with E-state index in [2.05, 4.69) is 4.90 Å². The molecule has 0 saturated carbocycles. The summed E-state index contributed by atoms with van der Waals surface area (Å²) in [6.45, 7) is 1.59. The van der Waals surface area contributed by atoms with E-state index in [1.54, 1.807) is 44.6 Å². The van der Waals surface area contributed by atoms with Crippen molar-refractivity contribution in [2.45, 2.75) is 13.1 Å². The number of allylic oxidation sites excluding steroid dienone is 1. The van der Waals surface area contributed by atoms with Gasteiger partial charge in [0.2, 0.25) is 5.78 Å². The lowest BCUT2D eigenvalue weighted by atomic mass is 10.0. The summed E-state index contributed by atoms with van der Waals surface area (Å²) in [6.07, 6.45) is 1.70. The van der Waals surface area contributed by atoms with Crippen LogP contribution in [-0.4, -0.2) is 31.6 Å². The summed E-state index contributed by atoms with van der Waals surface area (Å²) >= 11 is 12.2. The minimum Gasteiger partial charge on any atom is -0.493 e. The van der Waals surface area contributed by atoms with Gasteiger partial charge in [-0.1, -0.05) is 35.3 Å². The average molecular weight is 498 g/mol. The number of Topliss-reactive ketones (excluding diaryl/α,β-unsaturated/α-hetero) is 1. The molecule has 3 aromatic carbocycles. The van der Waals surface area contributed by atoms with E-state index in [0.29, 0.717) is 58.4 Å². The van der Waals surface area contributed by atoms with Crippen molar-refractivity contribution in [3.05, 3.63) is 86.6 Å². The third-order valence-corrected chi connectivity index (χ3v) is 6.52. The summed E-state index contributed by atoms with van der Waals surface area (Å²) < 4.78 is 22.7. The van der Waals surface area contributed by atoms with E-state index in [1.807, 2.05) is 24.3 Å². The minimum atomic E-state index is -0.172. The van der Waals surface area contributed by atoms with Crippen LogP contribution >= 0.6 is 23.2 Å². The van der Waals surface area contributed by atoms with Crippen LogP contribution in [0.1, 0.15) is 27.0 Å². The van der Waals surface area contributed by atoms with Gasteiger partial charge in [-0.2, -0.15) is 0 Å². The van der Waals surface area contributed by atoms with Gasteiger partial charge in [0.25, 0.3) is 0 Å². The molecule has 174 valence electrons. The molecule has 5 rings (SSSR count). The van der Waals surface area contributed by atoms with Crippen LogP contribution in [-0.2, 0) is 13.1 Å². The molecule has 2 heterocycles. The second-order valence-corrected chi connectivity index (χ2v) is 8.80. The number of benzene rings is 3. The largest absolute Gasteiger partial charge is 0.493 e. The topological polar surface area (TPSA) is 57.2 Å². The first-order valence-electron chi connectivity index (χ1n) is 10.6. The third kappa shape index (κ3) is 4.20. The first-order chi connectivity index (χ1) is 16.5. The molecule has 0 spiro atoms. The SMILES string of the molecule is COc1ccc(/C=C2\Oc3c(ccc4c3CN(Cc3ccc(Cl)c(Cl)c3)CO4)C2=O)cc1OC. The van der Waals surface area contributed by atoms with Crippen LogP contribution in [0.25, 0.3) is 6.08 Å². The maximum Gasteiger partial charge on any atom is 0.231 e.